The van der Waals surface area contributed by atoms with Gasteiger partial charge in [-0.1, -0.05) is 0 Å². The highest BCUT2D eigenvalue weighted by atomic mass is 32.2. The number of anilines is 1. The third-order valence-corrected chi connectivity index (χ3v) is 4.04. The lowest BCUT2D eigenvalue weighted by atomic mass is 10.3. The Kier molecular flexibility index (Phi) is 5.78. The molecular weight excluding hydrogens is 268 g/mol. The Morgan fingerprint density at radius 2 is 1.95 bits per heavy atom. The highest BCUT2D eigenvalue weighted by Crippen LogP contribution is 2.13. The third kappa shape index (κ3) is 5.27. The van der Waals surface area contributed by atoms with Crippen LogP contribution in [0.15, 0.2) is 29.2 Å². The SMILES string of the molecule is COCCCNC(=O)CS(=O)(=O)c1ccc(N)cc1. The Balaban J connectivity index is 2.55. The van der Waals surface area contributed by atoms with Crippen LogP contribution in [0.4, 0.5) is 5.69 Å². The second-order valence-electron chi connectivity index (χ2n) is 4.02. The van der Waals surface area contributed by atoms with Crippen molar-refractivity contribution in [1.82, 2.24) is 5.32 Å². The summed E-state index contributed by atoms with van der Waals surface area (Å²) in [5.74, 6) is -1.09. The second-order valence-corrected chi connectivity index (χ2v) is 6.01. The summed E-state index contributed by atoms with van der Waals surface area (Å²) < 4.78 is 28.7. The smallest absolute Gasteiger partial charge is 0.235 e. The van der Waals surface area contributed by atoms with Gasteiger partial charge in [0.05, 0.1) is 4.90 Å². The highest BCUT2D eigenvalue weighted by molar-refractivity contribution is 7.92. The molecule has 1 aromatic carbocycles. The van der Waals surface area contributed by atoms with E-state index >= 15 is 0 Å². The van der Waals surface area contributed by atoms with Gasteiger partial charge in [0.2, 0.25) is 5.91 Å². The first-order valence-electron chi connectivity index (χ1n) is 5.79. The zero-order chi connectivity index (χ0) is 14.3. The Hall–Kier alpha value is -1.60. The zero-order valence-electron chi connectivity index (χ0n) is 10.8. The van der Waals surface area contributed by atoms with Crippen molar-refractivity contribution in [2.24, 2.45) is 0 Å². The molecule has 1 amide bonds. The monoisotopic (exact) mass is 286 g/mol. The van der Waals surface area contributed by atoms with Gasteiger partial charge in [-0.15, -0.1) is 0 Å². The maximum Gasteiger partial charge on any atom is 0.235 e. The van der Waals surface area contributed by atoms with Gasteiger partial charge in [-0.25, -0.2) is 8.42 Å². The fraction of sp³-hybridized carbons (Fsp3) is 0.417. The summed E-state index contributed by atoms with van der Waals surface area (Å²) in [5, 5.41) is 2.53. The molecule has 19 heavy (non-hydrogen) atoms. The summed E-state index contributed by atoms with van der Waals surface area (Å²) in [7, 11) is -2.05. The van der Waals surface area contributed by atoms with E-state index in [1.165, 1.54) is 24.3 Å². The molecule has 6 nitrogen and oxygen atoms in total. The first-order valence-corrected chi connectivity index (χ1v) is 7.45. The number of sulfone groups is 1. The molecule has 0 aromatic heterocycles. The number of nitrogens with two attached hydrogens (primary N) is 1. The van der Waals surface area contributed by atoms with Crippen LogP contribution in [0.1, 0.15) is 6.42 Å². The molecule has 1 rings (SSSR count). The summed E-state index contributed by atoms with van der Waals surface area (Å²) in [6, 6.07) is 5.76. The Labute approximate surface area is 112 Å². The van der Waals surface area contributed by atoms with Crippen LogP contribution in [0, 0.1) is 0 Å². The van der Waals surface area contributed by atoms with E-state index in [4.69, 9.17) is 10.5 Å². The van der Waals surface area contributed by atoms with E-state index < -0.39 is 21.5 Å². The minimum absolute atomic E-state index is 0.0914. The molecular formula is C12H18N2O4S. The number of nitrogens with one attached hydrogen (secondary N) is 1. The summed E-state index contributed by atoms with van der Waals surface area (Å²) in [4.78, 5) is 11.6. The molecule has 0 aliphatic heterocycles. The molecule has 0 atom stereocenters. The summed E-state index contributed by atoms with van der Waals surface area (Å²) in [6.45, 7) is 0.912. The molecule has 0 saturated heterocycles. The van der Waals surface area contributed by atoms with Crippen molar-refractivity contribution in [1.29, 1.82) is 0 Å². The molecule has 0 aliphatic carbocycles. The Morgan fingerprint density at radius 1 is 1.32 bits per heavy atom. The molecule has 0 radical (unpaired) electrons. The Morgan fingerprint density at radius 3 is 2.53 bits per heavy atom. The average molecular weight is 286 g/mol. The first kappa shape index (κ1) is 15.5. The van der Waals surface area contributed by atoms with Gasteiger partial charge in [-0.05, 0) is 30.7 Å². The van der Waals surface area contributed by atoms with Crippen LogP contribution in [0.2, 0.25) is 0 Å². The topological polar surface area (TPSA) is 98.5 Å². The number of carbonyl (C=O) groups excluding carboxylic acids is 1. The second kappa shape index (κ2) is 7.10. The lowest BCUT2D eigenvalue weighted by Gasteiger charge is -2.06. The van der Waals surface area contributed by atoms with Crippen molar-refractivity contribution in [3.8, 4) is 0 Å². The van der Waals surface area contributed by atoms with Crippen LogP contribution in [0.5, 0.6) is 0 Å². The zero-order valence-corrected chi connectivity index (χ0v) is 11.6. The predicted octanol–water partition coefficient (Wildman–Crippen LogP) is 0.195. The minimum Gasteiger partial charge on any atom is -0.399 e. The van der Waals surface area contributed by atoms with E-state index in [2.05, 4.69) is 5.32 Å². The van der Waals surface area contributed by atoms with Gasteiger partial charge < -0.3 is 15.8 Å². The molecule has 7 heteroatoms. The number of ether oxygens (including phenoxy) is 1. The number of benzene rings is 1. The number of hydrogen-bond donors (Lipinski definition) is 2. The molecule has 0 unspecified atom stereocenters. The number of carbonyl (C=O) groups is 1. The van der Waals surface area contributed by atoms with Crippen molar-refractivity contribution >= 4 is 21.4 Å². The fourth-order valence-electron chi connectivity index (χ4n) is 1.43. The quantitative estimate of drug-likeness (QED) is 0.551. The highest BCUT2D eigenvalue weighted by Gasteiger charge is 2.18. The van der Waals surface area contributed by atoms with E-state index in [-0.39, 0.29) is 4.90 Å². The molecule has 0 aliphatic rings. The third-order valence-electron chi connectivity index (χ3n) is 2.41. The molecule has 106 valence electrons. The summed E-state index contributed by atoms with van der Waals surface area (Å²) >= 11 is 0. The maximum absolute atomic E-state index is 11.9. The van der Waals surface area contributed by atoms with E-state index in [1.54, 1.807) is 7.11 Å². The van der Waals surface area contributed by atoms with Gasteiger partial charge in [-0.2, -0.15) is 0 Å². The number of rotatable bonds is 7. The maximum atomic E-state index is 11.9. The van der Waals surface area contributed by atoms with Crippen LogP contribution in [-0.2, 0) is 19.4 Å². The van der Waals surface area contributed by atoms with E-state index in [0.29, 0.717) is 25.3 Å². The van der Waals surface area contributed by atoms with Crippen LogP contribution < -0.4 is 11.1 Å². The molecule has 0 fully saturated rings. The number of hydrogen-bond acceptors (Lipinski definition) is 5. The van der Waals surface area contributed by atoms with E-state index in [0.717, 1.165) is 0 Å². The lowest BCUT2D eigenvalue weighted by molar-refractivity contribution is -0.118. The number of methoxy groups -OCH3 is 1. The standard InChI is InChI=1S/C12H18N2O4S/c1-18-8-2-7-14-12(15)9-19(16,17)11-5-3-10(13)4-6-11/h3-6H,2,7-9,13H2,1H3,(H,14,15). The molecule has 0 saturated carbocycles. The summed E-state index contributed by atoms with van der Waals surface area (Å²) in [5.41, 5.74) is 5.95. The van der Waals surface area contributed by atoms with Crippen LogP contribution in [0.3, 0.4) is 0 Å². The molecule has 0 spiro atoms. The number of amides is 1. The van der Waals surface area contributed by atoms with Gasteiger partial charge in [0.1, 0.15) is 5.75 Å². The normalized spacial score (nSPS) is 11.2. The van der Waals surface area contributed by atoms with Crippen molar-refractivity contribution in [2.75, 3.05) is 31.7 Å². The van der Waals surface area contributed by atoms with E-state index in [1.807, 2.05) is 0 Å². The van der Waals surface area contributed by atoms with Gasteiger partial charge in [0.25, 0.3) is 0 Å². The van der Waals surface area contributed by atoms with Crippen LogP contribution in [0.25, 0.3) is 0 Å². The lowest BCUT2D eigenvalue weighted by Crippen LogP contribution is -2.31. The Bertz CT molecular complexity index is 511. The predicted molar refractivity (Wildman–Crippen MR) is 72.4 cm³/mol. The van der Waals surface area contributed by atoms with Gasteiger partial charge in [-0.3, -0.25) is 4.79 Å². The molecule has 1 aromatic rings. The van der Waals surface area contributed by atoms with Crippen molar-refractivity contribution in [3.63, 3.8) is 0 Å². The first-order chi connectivity index (χ1) is 8.95. The van der Waals surface area contributed by atoms with Crippen LogP contribution >= 0.6 is 0 Å². The minimum atomic E-state index is -3.62. The molecule has 3 N–H and O–H groups in total. The van der Waals surface area contributed by atoms with Gasteiger partial charge in [0, 0.05) is 25.9 Å². The molecule has 0 bridgehead atoms. The molecule has 0 heterocycles. The van der Waals surface area contributed by atoms with E-state index in [9.17, 15) is 13.2 Å². The fourth-order valence-corrected chi connectivity index (χ4v) is 2.59. The summed E-state index contributed by atoms with van der Waals surface area (Å²) in [6.07, 6.45) is 0.643. The van der Waals surface area contributed by atoms with Crippen molar-refractivity contribution in [3.05, 3.63) is 24.3 Å². The van der Waals surface area contributed by atoms with Gasteiger partial charge >= 0.3 is 0 Å². The van der Waals surface area contributed by atoms with Crippen molar-refractivity contribution in [2.45, 2.75) is 11.3 Å². The largest absolute Gasteiger partial charge is 0.399 e. The van der Waals surface area contributed by atoms with Crippen molar-refractivity contribution < 1.29 is 17.9 Å². The van der Waals surface area contributed by atoms with Gasteiger partial charge in [0.15, 0.2) is 9.84 Å². The number of nitrogen functional groups attached to an aromatic ring is 1. The van der Waals surface area contributed by atoms with Crippen LogP contribution in [-0.4, -0.2) is 40.3 Å². The average Bonchev–Trinajstić information content (AvgIpc) is 2.34.